The molecular weight excluding hydrogens is 236 g/mol. The molecule has 1 N–H and O–H groups in total. The standard InChI is InChI=1S/C16H26N2O/c1-5-18(6-2)15(12-17-16(19)13(3)4)14-10-8-7-9-11-14/h7-11,13,15H,5-6,12H2,1-4H3,(H,17,19). The van der Waals surface area contributed by atoms with Crippen molar-refractivity contribution in [1.82, 2.24) is 10.2 Å². The molecule has 1 atom stereocenters. The fraction of sp³-hybridized carbons (Fsp3) is 0.562. The van der Waals surface area contributed by atoms with Gasteiger partial charge in [0.2, 0.25) is 5.91 Å². The Bertz CT molecular complexity index is 372. The molecule has 0 aromatic heterocycles. The molecule has 0 saturated carbocycles. The summed E-state index contributed by atoms with van der Waals surface area (Å²) in [5, 5.41) is 3.05. The van der Waals surface area contributed by atoms with E-state index >= 15 is 0 Å². The highest BCUT2D eigenvalue weighted by Crippen LogP contribution is 2.19. The maximum atomic E-state index is 11.7. The zero-order chi connectivity index (χ0) is 14.3. The number of carbonyl (C=O) groups is 1. The van der Waals surface area contributed by atoms with Gasteiger partial charge in [-0.15, -0.1) is 0 Å². The lowest BCUT2D eigenvalue weighted by Gasteiger charge is -2.30. The van der Waals surface area contributed by atoms with Gasteiger partial charge < -0.3 is 5.32 Å². The average molecular weight is 262 g/mol. The third-order valence-corrected chi connectivity index (χ3v) is 3.43. The summed E-state index contributed by atoms with van der Waals surface area (Å²) in [7, 11) is 0. The van der Waals surface area contributed by atoms with Crippen LogP contribution in [-0.2, 0) is 4.79 Å². The molecule has 1 unspecified atom stereocenters. The van der Waals surface area contributed by atoms with Gasteiger partial charge in [0, 0.05) is 12.5 Å². The van der Waals surface area contributed by atoms with Crippen molar-refractivity contribution in [3.63, 3.8) is 0 Å². The van der Waals surface area contributed by atoms with Crippen LogP contribution in [-0.4, -0.2) is 30.4 Å². The number of benzene rings is 1. The highest BCUT2D eigenvalue weighted by molar-refractivity contribution is 5.77. The summed E-state index contributed by atoms with van der Waals surface area (Å²) >= 11 is 0. The average Bonchev–Trinajstić information content (AvgIpc) is 2.43. The second kappa shape index (κ2) is 7.95. The predicted octanol–water partition coefficient (Wildman–Crippen LogP) is 2.84. The largest absolute Gasteiger partial charge is 0.354 e. The van der Waals surface area contributed by atoms with Crippen molar-refractivity contribution in [3.8, 4) is 0 Å². The SMILES string of the molecule is CCN(CC)C(CNC(=O)C(C)C)c1ccccc1. The quantitative estimate of drug-likeness (QED) is 0.819. The summed E-state index contributed by atoms with van der Waals surface area (Å²) in [5.41, 5.74) is 1.26. The van der Waals surface area contributed by atoms with E-state index in [9.17, 15) is 4.79 Å². The van der Waals surface area contributed by atoms with Crippen LogP contribution in [0.5, 0.6) is 0 Å². The van der Waals surface area contributed by atoms with Gasteiger partial charge in [0.1, 0.15) is 0 Å². The summed E-state index contributed by atoms with van der Waals surface area (Å²) in [6, 6.07) is 10.6. The summed E-state index contributed by atoms with van der Waals surface area (Å²) in [6.07, 6.45) is 0. The molecule has 3 heteroatoms. The van der Waals surface area contributed by atoms with Crippen molar-refractivity contribution >= 4 is 5.91 Å². The molecule has 0 fully saturated rings. The number of likely N-dealkylation sites (N-methyl/N-ethyl adjacent to an activating group) is 1. The normalized spacial score (nSPS) is 12.7. The number of nitrogens with zero attached hydrogens (tertiary/aromatic N) is 1. The first-order valence-electron chi connectivity index (χ1n) is 7.16. The van der Waals surface area contributed by atoms with E-state index in [0.29, 0.717) is 6.54 Å². The molecule has 19 heavy (non-hydrogen) atoms. The van der Waals surface area contributed by atoms with E-state index in [2.05, 4.69) is 48.3 Å². The highest BCUT2D eigenvalue weighted by atomic mass is 16.1. The van der Waals surface area contributed by atoms with Crippen molar-refractivity contribution in [3.05, 3.63) is 35.9 Å². The second-order valence-corrected chi connectivity index (χ2v) is 5.05. The van der Waals surface area contributed by atoms with E-state index in [1.165, 1.54) is 5.56 Å². The van der Waals surface area contributed by atoms with Crippen molar-refractivity contribution < 1.29 is 4.79 Å². The van der Waals surface area contributed by atoms with E-state index in [1.807, 2.05) is 19.9 Å². The Labute approximate surface area is 117 Å². The molecule has 0 bridgehead atoms. The van der Waals surface area contributed by atoms with Gasteiger partial charge >= 0.3 is 0 Å². The van der Waals surface area contributed by atoms with Crippen LogP contribution in [0.1, 0.15) is 39.3 Å². The molecule has 1 amide bonds. The zero-order valence-electron chi connectivity index (χ0n) is 12.5. The van der Waals surface area contributed by atoms with Gasteiger partial charge in [-0.05, 0) is 18.7 Å². The smallest absolute Gasteiger partial charge is 0.222 e. The molecule has 1 rings (SSSR count). The Morgan fingerprint density at radius 1 is 1.16 bits per heavy atom. The fourth-order valence-electron chi connectivity index (χ4n) is 2.20. The van der Waals surface area contributed by atoms with Crippen LogP contribution in [0.2, 0.25) is 0 Å². The summed E-state index contributed by atoms with van der Waals surface area (Å²) in [4.78, 5) is 14.1. The molecule has 0 radical (unpaired) electrons. The summed E-state index contributed by atoms with van der Waals surface area (Å²) in [5.74, 6) is 0.154. The lowest BCUT2D eigenvalue weighted by molar-refractivity contribution is -0.124. The number of nitrogens with one attached hydrogen (secondary N) is 1. The first kappa shape index (κ1) is 15.7. The second-order valence-electron chi connectivity index (χ2n) is 5.05. The van der Waals surface area contributed by atoms with Crippen molar-refractivity contribution in [1.29, 1.82) is 0 Å². The van der Waals surface area contributed by atoms with Crippen molar-refractivity contribution in [2.75, 3.05) is 19.6 Å². The molecule has 0 aliphatic heterocycles. The number of rotatable bonds is 7. The van der Waals surface area contributed by atoms with Gasteiger partial charge in [-0.1, -0.05) is 58.0 Å². The van der Waals surface area contributed by atoms with E-state index in [0.717, 1.165) is 13.1 Å². The van der Waals surface area contributed by atoms with Crippen molar-refractivity contribution in [2.24, 2.45) is 5.92 Å². The van der Waals surface area contributed by atoms with Crippen LogP contribution in [0.3, 0.4) is 0 Å². The van der Waals surface area contributed by atoms with Crippen LogP contribution in [0, 0.1) is 5.92 Å². The number of amides is 1. The molecule has 1 aromatic carbocycles. The number of hydrogen-bond acceptors (Lipinski definition) is 2. The van der Waals surface area contributed by atoms with Crippen LogP contribution in [0.4, 0.5) is 0 Å². The van der Waals surface area contributed by atoms with Gasteiger partial charge in [-0.2, -0.15) is 0 Å². The Kier molecular flexibility index (Phi) is 6.57. The maximum absolute atomic E-state index is 11.7. The zero-order valence-corrected chi connectivity index (χ0v) is 12.5. The molecule has 1 aromatic rings. The topological polar surface area (TPSA) is 32.3 Å². The third-order valence-electron chi connectivity index (χ3n) is 3.43. The van der Waals surface area contributed by atoms with E-state index in [4.69, 9.17) is 0 Å². The summed E-state index contributed by atoms with van der Waals surface area (Å²) < 4.78 is 0. The Morgan fingerprint density at radius 3 is 2.21 bits per heavy atom. The van der Waals surface area contributed by atoms with Gasteiger partial charge in [0.15, 0.2) is 0 Å². The van der Waals surface area contributed by atoms with E-state index in [1.54, 1.807) is 0 Å². The van der Waals surface area contributed by atoms with Crippen molar-refractivity contribution in [2.45, 2.75) is 33.7 Å². The van der Waals surface area contributed by atoms with Crippen LogP contribution < -0.4 is 5.32 Å². The molecular formula is C16H26N2O. The molecule has 0 heterocycles. The minimum Gasteiger partial charge on any atom is -0.354 e. The number of carbonyl (C=O) groups excluding carboxylic acids is 1. The lowest BCUT2D eigenvalue weighted by atomic mass is 10.0. The summed E-state index contributed by atoms with van der Waals surface area (Å²) in [6.45, 7) is 10.8. The van der Waals surface area contributed by atoms with Crippen LogP contribution in [0.25, 0.3) is 0 Å². The van der Waals surface area contributed by atoms with Gasteiger partial charge in [0.25, 0.3) is 0 Å². The third kappa shape index (κ3) is 4.67. The van der Waals surface area contributed by atoms with E-state index < -0.39 is 0 Å². The minimum absolute atomic E-state index is 0.0353. The minimum atomic E-state index is 0.0353. The predicted molar refractivity (Wildman–Crippen MR) is 80.0 cm³/mol. The molecule has 3 nitrogen and oxygen atoms in total. The first-order valence-corrected chi connectivity index (χ1v) is 7.16. The fourth-order valence-corrected chi connectivity index (χ4v) is 2.20. The lowest BCUT2D eigenvalue weighted by Crippen LogP contribution is -2.39. The Morgan fingerprint density at radius 2 is 1.74 bits per heavy atom. The molecule has 0 saturated heterocycles. The van der Waals surface area contributed by atoms with Gasteiger partial charge in [-0.25, -0.2) is 0 Å². The monoisotopic (exact) mass is 262 g/mol. The Hall–Kier alpha value is -1.35. The molecule has 0 aliphatic rings. The van der Waals surface area contributed by atoms with E-state index in [-0.39, 0.29) is 17.9 Å². The highest BCUT2D eigenvalue weighted by Gasteiger charge is 2.19. The van der Waals surface area contributed by atoms with Crippen LogP contribution >= 0.6 is 0 Å². The molecule has 0 aliphatic carbocycles. The Balaban J connectivity index is 2.79. The van der Waals surface area contributed by atoms with Crippen LogP contribution in [0.15, 0.2) is 30.3 Å². The maximum Gasteiger partial charge on any atom is 0.222 e. The van der Waals surface area contributed by atoms with Gasteiger partial charge in [0.05, 0.1) is 6.04 Å². The van der Waals surface area contributed by atoms with Gasteiger partial charge in [-0.3, -0.25) is 9.69 Å². The number of hydrogen-bond donors (Lipinski definition) is 1. The molecule has 0 spiro atoms. The molecule has 106 valence electrons. The first-order chi connectivity index (χ1) is 9.10.